The third kappa shape index (κ3) is 2.49. The molecule has 0 saturated heterocycles. The van der Waals surface area contributed by atoms with Crippen LogP contribution < -0.4 is 5.32 Å². The van der Waals surface area contributed by atoms with Gasteiger partial charge in [0, 0.05) is 12.6 Å². The van der Waals surface area contributed by atoms with Crippen molar-refractivity contribution in [1.82, 2.24) is 9.88 Å². The second-order valence-corrected chi connectivity index (χ2v) is 6.27. The minimum atomic E-state index is 0.636. The van der Waals surface area contributed by atoms with Crippen molar-refractivity contribution in [1.29, 1.82) is 0 Å². The van der Waals surface area contributed by atoms with Gasteiger partial charge in [0.2, 0.25) is 0 Å². The summed E-state index contributed by atoms with van der Waals surface area (Å²) in [5.74, 6) is 0.877. The van der Waals surface area contributed by atoms with Crippen LogP contribution in [-0.2, 0) is 0 Å². The number of nitrogens with zero attached hydrogens (tertiary/aromatic N) is 2. The summed E-state index contributed by atoms with van der Waals surface area (Å²) in [4.78, 5) is 6.94. The molecule has 0 amide bonds. The van der Waals surface area contributed by atoms with Crippen molar-refractivity contribution in [2.24, 2.45) is 5.92 Å². The molecule has 0 spiro atoms. The smallest absolute Gasteiger partial charge is 0.183 e. The van der Waals surface area contributed by atoms with Crippen molar-refractivity contribution in [3.63, 3.8) is 0 Å². The van der Waals surface area contributed by atoms with Gasteiger partial charge in [-0.05, 0) is 45.0 Å². The molecule has 1 aromatic heterocycles. The first-order valence-corrected chi connectivity index (χ1v) is 7.31. The van der Waals surface area contributed by atoms with Crippen molar-refractivity contribution in [2.75, 3.05) is 26.0 Å². The molecule has 1 fully saturated rings. The van der Waals surface area contributed by atoms with Crippen molar-refractivity contribution in [3.05, 3.63) is 24.3 Å². The van der Waals surface area contributed by atoms with Gasteiger partial charge in [-0.15, -0.1) is 0 Å². The summed E-state index contributed by atoms with van der Waals surface area (Å²) in [6, 6.07) is 8.94. The van der Waals surface area contributed by atoms with E-state index in [0.717, 1.165) is 23.1 Å². The van der Waals surface area contributed by atoms with Gasteiger partial charge in [0.1, 0.15) is 0 Å². The van der Waals surface area contributed by atoms with E-state index in [4.69, 9.17) is 0 Å². The number of hydrogen-bond donors (Lipinski definition) is 1. The van der Waals surface area contributed by atoms with E-state index in [9.17, 15) is 0 Å². The summed E-state index contributed by atoms with van der Waals surface area (Å²) in [6.07, 6.45) is 2.76. The first-order valence-electron chi connectivity index (χ1n) is 6.50. The van der Waals surface area contributed by atoms with Gasteiger partial charge in [-0.25, -0.2) is 4.98 Å². The quantitative estimate of drug-likeness (QED) is 0.896. The number of hydrogen-bond acceptors (Lipinski definition) is 4. The standard InChI is InChI=1S/C14H19N3S/c1-17(2)12(10-7-8-10)9-15-14-16-11-5-3-4-6-13(11)18-14/h3-6,10,12H,7-9H2,1-2H3,(H,15,16). The number of likely N-dealkylation sites (N-methyl/N-ethyl adjacent to an activating group) is 1. The molecule has 1 aliphatic rings. The Morgan fingerprint density at radius 3 is 2.83 bits per heavy atom. The number of anilines is 1. The molecular weight excluding hydrogens is 242 g/mol. The zero-order valence-electron chi connectivity index (χ0n) is 10.9. The number of fused-ring (bicyclic) bond motifs is 1. The molecule has 18 heavy (non-hydrogen) atoms. The molecule has 1 N–H and O–H groups in total. The maximum Gasteiger partial charge on any atom is 0.183 e. The highest BCUT2D eigenvalue weighted by Crippen LogP contribution is 2.35. The number of thiazole rings is 1. The fraction of sp³-hybridized carbons (Fsp3) is 0.500. The Balaban J connectivity index is 1.68. The van der Waals surface area contributed by atoms with Crippen molar-refractivity contribution < 1.29 is 0 Å². The number of nitrogens with one attached hydrogen (secondary N) is 1. The second kappa shape index (κ2) is 4.86. The van der Waals surface area contributed by atoms with E-state index in [-0.39, 0.29) is 0 Å². The van der Waals surface area contributed by atoms with E-state index < -0.39 is 0 Å². The fourth-order valence-corrected chi connectivity index (χ4v) is 3.26. The molecule has 2 aromatic rings. The summed E-state index contributed by atoms with van der Waals surface area (Å²) in [6.45, 7) is 0.998. The lowest BCUT2D eigenvalue weighted by Gasteiger charge is -2.24. The lowest BCUT2D eigenvalue weighted by Crippen LogP contribution is -2.36. The molecule has 3 nitrogen and oxygen atoms in total. The summed E-state index contributed by atoms with van der Waals surface area (Å²) in [5, 5.41) is 4.55. The monoisotopic (exact) mass is 261 g/mol. The van der Waals surface area contributed by atoms with Crippen LogP contribution in [0.25, 0.3) is 10.2 Å². The van der Waals surface area contributed by atoms with Crippen LogP contribution in [0.3, 0.4) is 0 Å². The highest BCUT2D eigenvalue weighted by Gasteiger charge is 2.32. The van der Waals surface area contributed by atoms with Crippen LogP contribution in [0.4, 0.5) is 5.13 Å². The van der Waals surface area contributed by atoms with E-state index in [1.54, 1.807) is 11.3 Å². The molecule has 1 aromatic carbocycles. The molecule has 3 rings (SSSR count). The second-order valence-electron chi connectivity index (χ2n) is 5.24. The Labute approximate surface area is 112 Å². The van der Waals surface area contributed by atoms with Crippen LogP contribution in [0.5, 0.6) is 0 Å². The van der Waals surface area contributed by atoms with Crippen LogP contribution in [0.2, 0.25) is 0 Å². The first-order chi connectivity index (χ1) is 8.74. The fourth-order valence-electron chi connectivity index (χ4n) is 2.39. The van der Waals surface area contributed by atoms with Crippen LogP contribution in [-0.4, -0.2) is 36.6 Å². The molecule has 0 aliphatic heterocycles. The summed E-state index contributed by atoms with van der Waals surface area (Å²) in [7, 11) is 4.34. The van der Waals surface area contributed by atoms with Crippen molar-refractivity contribution in [2.45, 2.75) is 18.9 Å². The van der Waals surface area contributed by atoms with Gasteiger partial charge >= 0.3 is 0 Å². The zero-order chi connectivity index (χ0) is 12.5. The summed E-state index contributed by atoms with van der Waals surface area (Å²) in [5.41, 5.74) is 1.10. The van der Waals surface area contributed by atoms with Gasteiger partial charge in [0.25, 0.3) is 0 Å². The van der Waals surface area contributed by atoms with Crippen LogP contribution in [0.15, 0.2) is 24.3 Å². The number of benzene rings is 1. The molecule has 4 heteroatoms. The number of rotatable bonds is 5. The van der Waals surface area contributed by atoms with Crippen molar-refractivity contribution in [3.8, 4) is 0 Å². The van der Waals surface area contributed by atoms with Gasteiger partial charge in [-0.2, -0.15) is 0 Å². The van der Waals surface area contributed by atoms with E-state index in [2.05, 4.69) is 47.5 Å². The molecule has 1 atom stereocenters. The van der Waals surface area contributed by atoms with Crippen LogP contribution >= 0.6 is 11.3 Å². The Bertz CT molecular complexity index is 496. The third-order valence-corrected chi connectivity index (χ3v) is 4.58. The summed E-state index contributed by atoms with van der Waals surface area (Å²) < 4.78 is 1.26. The maximum absolute atomic E-state index is 4.61. The van der Waals surface area contributed by atoms with E-state index in [1.165, 1.54) is 17.5 Å². The topological polar surface area (TPSA) is 28.2 Å². The Morgan fingerprint density at radius 2 is 2.17 bits per heavy atom. The number of aromatic nitrogens is 1. The lowest BCUT2D eigenvalue weighted by atomic mass is 10.1. The SMILES string of the molecule is CN(C)C(CNc1nc2ccccc2s1)C1CC1. The van der Waals surface area contributed by atoms with Crippen LogP contribution in [0, 0.1) is 5.92 Å². The van der Waals surface area contributed by atoms with E-state index in [0.29, 0.717) is 6.04 Å². The summed E-state index contributed by atoms with van der Waals surface area (Å²) >= 11 is 1.74. The Kier molecular flexibility index (Phi) is 3.22. The molecule has 96 valence electrons. The normalized spacial score (nSPS) is 17.3. The average Bonchev–Trinajstić information content (AvgIpc) is 3.08. The number of para-hydroxylation sites is 1. The zero-order valence-corrected chi connectivity index (χ0v) is 11.7. The molecular formula is C14H19N3S. The molecule has 1 unspecified atom stereocenters. The van der Waals surface area contributed by atoms with Gasteiger partial charge in [0.05, 0.1) is 10.2 Å². The van der Waals surface area contributed by atoms with Crippen LogP contribution in [0.1, 0.15) is 12.8 Å². The minimum Gasteiger partial charge on any atom is -0.360 e. The third-order valence-electron chi connectivity index (χ3n) is 3.59. The van der Waals surface area contributed by atoms with Gasteiger partial charge in [0.15, 0.2) is 5.13 Å². The Hall–Kier alpha value is -1.13. The predicted molar refractivity (Wildman–Crippen MR) is 78.3 cm³/mol. The van der Waals surface area contributed by atoms with E-state index >= 15 is 0 Å². The Morgan fingerprint density at radius 1 is 1.39 bits per heavy atom. The van der Waals surface area contributed by atoms with Gasteiger partial charge in [-0.3, -0.25) is 0 Å². The molecule has 0 bridgehead atoms. The lowest BCUT2D eigenvalue weighted by molar-refractivity contribution is 0.276. The first kappa shape index (κ1) is 11.9. The molecule has 1 aliphatic carbocycles. The molecule has 1 saturated carbocycles. The minimum absolute atomic E-state index is 0.636. The van der Waals surface area contributed by atoms with Crippen molar-refractivity contribution >= 4 is 26.7 Å². The predicted octanol–water partition coefficient (Wildman–Crippen LogP) is 3.05. The van der Waals surface area contributed by atoms with Gasteiger partial charge in [-0.1, -0.05) is 23.5 Å². The highest BCUT2D eigenvalue weighted by molar-refractivity contribution is 7.22. The highest BCUT2D eigenvalue weighted by atomic mass is 32.1. The average molecular weight is 261 g/mol. The van der Waals surface area contributed by atoms with Gasteiger partial charge < -0.3 is 10.2 Å². The largest absolute Gasteiger partial charge is 0.360 e. The van der Waals surface area contributed by atoms with E-state index in [1.807, 2.05) is 6.07 Å². The molecule has 1 heterocycles. The maximum atomic E-state index is 4.61. The molecule has 0 radical (unpaired) electrons.